The quantitative estimate of drug-likeness (QED) is 0.489. The average molecular weight is 343 g/mol. The van der Waals surface area contributed by atoms with Gasteiger partial charge in [-0.15, -0.1) is 0 Å². The van der Waals surface area contributed by atoms with Crippen molar-refractivity contribution in [2.75, 3.05) is 25.1 Å². The standard InChI is InChI=1S/C10H10BrF3N2O3/c11-7-1-2-8(9(5-7)16(17)18)15-3-4-19-6-10(12,13)14/h1-2,5,15H,3-4,6H2. The average Bonchev–Trinajstić information content (AvgIpc) is 2.28. The van der Waals surface area contributed by atoms with Gasteiger partial charge in [0.1, 0.15) is 12.3 Å². The zero-order valence-corrected chi connectivity index (χ0v) is 11.1. The largest absolute Gasteiger partial charge is 0.411 e. The van der Waals surface area contributed by atoms with Gasteiger partial charge in [-0.2, -0.15) is 13.2 Å². The first-order valence-corrected chi connectivity index (χ1v) is 5.91. The van der Waals surface area contributed by atoms with Gasteiger partial charge in [-0.25, -0.2) is 0 Å². The molecule has 0 amide bonds. The first-order valence-electron chi connectivity index (χ1n) is 5.12. The number of halogens is 4. The summed E-state index contributed by atoms with van der Waals surface area (Å²) in [5, 5.41) is 13.4. The van der Waals surface area contributed by atoms with E-state index in [1.807, 2.05) is 0 Å². The maximum absolute atomic E-state index is 11.8. The number of nitro benzene ring substituents is 1. The molecule has 0 saturated carbocycles. The lowest BCUT2D eigenvalue weighted by molar-refractivity contribution is -0.384. The molecular weight excluding hydrogens is 333 g/mol. The van der Waals surface area contributed by atoms with E-state index >= 15 is 0 Å². The molecule has 1 aromatic rings. The first kappa shape index (κ1) is 15.7. The highest BCUT2D eigenvalue weighted by molar-refractivity contribution is 9.10. The molecule has 0 heterocycles. The Kier molecular flexibility index (Phi) is 5.55. The van der Waals surface area contributed by atoms with Gasteiger partial charge in [0.15, 0.2) is 0 Å². The second-order valence-electron chi connectivity index (χ2n) is 3.51. The van der Waals surface area contributed by atoms with E-state index in [0.717, 1.165) is 0 Å². The second-order valence-corrected chi connectivity index (χ2v) is 4.43. The van der Waals surface area contributed by atoms with Crippen LogP contribution in [0.2, 0.25) is 0 Å². The van der Waals surface area contributed by atoms with Crippen molar-refractivity contribution in [2.45, 2.75) is 6.18 Å². The van der Waals surface area contributed by atoms with Crippen LogP contribution in [-0.2, 0) is 4.74 Å². The van der Waals surface area contributed by atoms with Crippen LogP contribution in [-0.4, -0.2) is 30.9 Å². The van der Waals surface area contributed by atoms with Crippen LogP contribution >= 0.6 is 15.9 Å². The fourth-order valence-corrected chi connectivity index (χ4v) is 1.60. The molecule has 0 aliphatic rings. The summed E-state index contributed by atoms with van der Waals surface area (Å²) in [4.78, 5) is 10.2. The molecular formula is C10H10BrF3N2O3. The van der Waals surface area contributed by atoms with Crippen LogP contribution in [0.3, 0.4) is 0 Å². The van der Waals surface area contributed by atoms with E-state index in [4.69, 9.17) is 0 Å². The summed E-state index contributed by atoms with van der Waals surface area (Å²) < 4.78 is 40.3. The number of alkyl halides is 3. The van der Waals surface area contributed by atoms with Crippen LogP contribution in [0.4, 0.5) is 24.5 Å². The van der Waals surface area contributed by atoms with E-state index in [9.17, 15) is 23.3 Å². The number of nitro groups is 1. The molecule has 19 heavy (non-hydrogen) atoms. The van der Waals surface area contributed by atoms with Crippen LogP contribution < -0.4 is 5.32 Å². The molecule has 0 aliphatic heterocycles. The molecule has 5 nitrogen and oxygen atoms in total. The minimum Gasteiger partial charge on any atom is -0.377 e. The lowest BCUT2D eigenvalue weighted by atomic mass is 10.2. The summed E-state index contributed by atoms with van der Waals surface area (Å²) in [5.74, 6) is 0. The normalized spacial score (nSPS) is 11.4. The molecule has 0 saturated heterocycles. The van der Waals surface area contributed by atoms with Crippen LogP contribution in [0, 0.1) is 10.1 Å². The van der Waals surface area contributed by atoms with Crippen molar-refractivity contribution in [1.82, 2.24) is 0 Å². The molecule has 0 bridgehead atoms. The van der Waals surface area contributed by atoms with Crippen molar-refractivity contribution in [3.8, 4) is 0 Å². The molecule has 0 fully saturated rings. The predicted octanol–water partition coefficient (Wildman–Crippen LogP) is 3.35. The van der Waals surface area contributed by atoms with E-state index in [-0.39, 0.29) is 24.5 Å². The summed E-state index contributed by atoms with van der Waals surface area (Å²) in [7, 11) is 0. The van der Waals surface area contributed by atoms with Gasteiger partial charge in [0, 0.05) is 17.1 Å². The number of anilines is 1. The van der Waals surface area contributed by atoms with E-state index < -0.39 is 17.7 Å². The highest BCUT2D eigenvalue weighted by Crippen LogP contribution is 2.27. The summed E-state index contributed by atoms with van der Waals surface area (Å²) >= 11 is 3.10. The molecule has 1 N–H and O–H groups in total. The molecule has 0 spiro atoms. The van der Waals surface area contributed by atoms with E-state index in [1.165, 1.54) is 12.1 Å². The number of nitrogens with one attached hydrogen (secondary N) is 1. The van der Waals surface area contributed by atoms with Gasteiger partial charge in [-0.05, 0) is 12.1 Å². The van der Waals surface area contributed by atoms with Gasteiger partial charge >= 0.3 is 6.18 Å². The Hall–Kier alpha value is -1.35. The number of benzene rings is 1. The van der Waals surface area contributed by atoms with E-state index in [1.54, 1.807) is 6.07 Å². The lowest BCUT2D eigenvalue weighted by Gasteiger charge is -2.09. The summed E-state index contributed by atoms with van der Waals surface area (Å²) in [5.41, 5.74) is 0.0639. The Morgan fingerprint density at radius 1 is 1.42 bits per heavy atom. The Morgan fingerprint density at radius 2 is 2.11 bits per heavy atom. The lowest BCUT2D eigenvalue weighted by Crippen LogP contribution is -2.20. The van der Waals surface area contributed by atoms with Crippen molar-refractivity contribution in [3.05, 3.63) is 32.8 Å². The monoisotopic (exact) mass is 342 g/mol. The number of nitrogens with zero attached hydrogens (tertiary/aromatic N) is 1. The van der Waals surface area contributed by atoms with Crippen LogP contribution in [0.15, 0.2) is 22.7 Å². The molecule has 1 aromatic carbocycles. The fraction of sp³-hybridized carbons (Fsp3) is 0.400. The Morgan fingerprint density at radius 3 is 2.68 bits per heavy atom. The van der Waals surface area contributed by atoms with E-state index in [2.05, 4.69) is 26.0 Å². The topological polar surface area (TPSA) is 64.4 Å². The number of hydrogen-bond donors (Lipinski definition) is 1. The smallest absolute Gasteiger partial charge is 0.377 e. The van der Waals surface area contributed by atoms with Gasteiger partial charge in [-0.3, -0.25) is 10.1 Å². The first-order chi connectivity index (χ1) is 8.79. The third-order valence-electron chi connectivity index (χ3n) is 1.98. The van der Waals surface area contributed by atoms with Gasteiger partial charge < -0.3 is 10.1 Å². The van der Waals surface area contributed by atoms with Crippen LogP contribution in [0.25, 0.3) is 0 Å². The summed E-state index contributed by atoms with van der Waals surface area (Å²) in [6.45, 7) is -1.50. The minimum atomic E-state index is -4.37. The maximum atomic E-state index is 11.8. The van der Waals surface area contributed by atoms with Gasteiger partial charge in [0.05, 0.1) is 11.5 Å². The molecule has 106 valence electrons. The second kappa shape index (κ2) is 6.71. The highest BCUT2D eigenvalue weighted by Gasteiger charge is 2.27. The number of rotatable bonds is 6. The number of hydrogen-bond acceptors (Lipinski definition) is 4. The Labute approximate surface area is 115 Å². The van der Waals surface area contributed by atoms with Crippen molar-refractivity contribution in [1.29, 1.82) is 0 Å². The highest BCUT2D eigenvalue weighted by atomic mass is 79.9. The van der Waals surface area contributed by atoms with E-state index in [0.29, 0.717) is 4.47 Å². The van der Waals surface area contributed by atoms with Crippen molar-refractivity contribution < 1.29 is 22.8 Å². The van der Waals surface area contributed by atoms with Gasteiger partial charge in [-0.1, -0.05) is 15.9 Å². The summed E-state index contributed by atoms with van der Waals surface area (Å²) in [6, 6.07) is 4.36. The Balaban J connectivity index is 2.47. The summed E-state index contributed by atoms with van der Waals surface area (Å²) in [6.07, 6.45) is -4.37. The minimum absolute atomic E-state index is 0.0402. The van der Waals surface area contributed by atoms with Crippen molar-refractivity contribution >= 4 is 27.3 Å². The fourth-order valence-electron chi connectivity index (χ4n) is 1.25. The zero-order valence-electron chi connectivity index (χ0n) is 9.54. The molecule has 0 aromatic heterocycles. The third-order valence-corrected chi connectivity index (χ3v) is 2.48. The SMILES string of the molecule is O=[N+]([O-])c1cc(Br)ccc1NCCOCC(F)(F)F. The zero-order chi connectivity index (χ0) is 14.5. The molecule has 0 atom stereocenters. The third kappa shape index (κ3) is 5.88. The molecule has 0 radical (unpaired) electrons. The molecule has 0 aliphatic carbocycles. The predicted molar refractivity (Wildman–Crippen MR) is 66.2 cm³/mol. The number of ether oxygens (including phenoxy) is 1. The molecule has 9 heteroatoms. The molecule has 0 unspecified atom stereocenters. The Bertz CT molecular complexity index is 454. The van der Waals surface area contributed by atoms with Gasteiger partial charge in [0.2, 0.25) is 0 Å². The van der Waals surface area contributed by atoms with Crippen molar-refractivity contribution in [2.24, 2.45) is 0 Å². The van der Waals surface area contributed by atoms with Crippen molar-refractivity contribution in [3.63, 3.8) is 0 Å². The van der Waals surface area contributed by atoms with Gasteiger partial charge in [0.25, 0.3) is 5.69 Å². The van der Waals surface area contributed by atoms with Crippen LogP contribution in [0.5, 0.6) is 0 Å². The maximum Gasteiger partial charge on any atom is 0.411 e. The van der Waals surface area contributed by atoms with Crippen LogP contribution in [0.1, 0.15) is 0 Å². The molecule has 1 rings (SSSR count).